The molecule has 0 unspecified atom stereocenters. The third-order valence-electron chi connectivity index (χ3n) is 2.71. The van der Waals surface area contributed by atoms with Crippen molar-refractivity contribution in [1.29, 1.82) is 0 Å². The lowest BCUT2D eigenvalue weighted by molar-refractivity contribution is 0.102. The summed E-state index contributed by atoms with van der Waals surface area (Å²) < 4.78 is 1.92. The van der Waals surface area contributed by atoms with Crippen molar-refractivity contribution in [2.24, 2.45) is 0 Å². The van der Waals surface area contributed by atoms with Crippen molar-refractivity contribution >= 4 is 60.1 Å². The molecule has 6 heteroatoms. The molecule has 1 aromatic heterocycles. The molecule has 0 saturated heterocycles. The molecule has 2 aromatic carbocycles. The van der Waals surface area contributed by atoms with Crippen molar-refractivity contribution in [3.8, 4) is 0 Å². The molecule has 0 saturated carbocycles. The number of para-hydroxylation sites is 1. The van der Waals surface area contributed by atoms with Gasteiger partial charge in [-0.05, 0) is 40.2 Å². The summed E-state index contributed by atoms with van der Waals surface area (Å²) >= 11 is 10.9. The van der Waals surface area contributed by atoms with Gasteiger partial charge in [-0.1, -0.05) is 41.1 Å². The Morgan fingerprint density at radius 3 is 2.75 bits per heavy atom. The van der Waals surface area contributed by atoms with Gasteiger partial charge in [-0.3, -0.25) is 10.1 Å². The van der Waals surface area contributed by atoms with E-state index in [2.05, 4.69) is 26.2 Å². The highest BCUT2D eigenvalue weighted by Crippen LogP contribution is 2.31. The summed E-state index contributed by atoms with van der Waals surface area (Å²) in [5, 5.41) is 3.75. The topological polar surface area (TPSA) is 42.0 Å². The second-order valence-electron chi connectivity index (χ2n) is 4.04. The highest BCUT2D eigenvalue weighted by molar-refractivity contribution is 9.10. The molecule has 0 atom stereocenters. The highest BCUT2D eigenvalue weighted by Gasteiger charge is 2.13. The number of carbonyl (C=O) groups excluding carboxylic acids is 1. The Labute approximate surface area is 132 Å². The number of halogens is 2. The normalized spacial score (nSPS) is 10.7. The van der Waals surface area contributed by atoms with E-state index in [9.17, 15) is 4.79 Å². The molecule has 3 rings (SSSR count). The molecule has 100 valence electrons. The molecule has 0 fully saturated rings. The zero-order valence-corrected chi connectivity index (χ0v) is 13.2. The third-order valence-corrected chi connectivity index (χ3v) is 4.61. The molecule has 0 aliphatic heterocycles. The van der Waals surface area contributed by atoms with Gasteiger partial charge >= 0.3 is 0 Å². The fourth-order valence-corrected chi connectivity index (χ4v) is 3.47. The maximum atomic E-state index is 12.2. The van der Waals surface area contributed by atoms with Crippen molar-refractivity contribution in [2.75, 3.05) is 5.32 Å². The van der Waals surface area contributed by atoms with E-state index in [0.717, 1.165) is 14.7 Å². The molecule has 3 nitrogen and oxygen atoms in total. The van der Waals surface area contributed by atoms with Crippen molar-refractivity contribution in [2.45, 2.75) is 0 Å². The molecular formula is C14H8BrClN2OS. The van der Waals surface area contributed by atoms with Crippen LogP contribution in [0.25, 0.3) is 10.2 Å². The number of hydrogen-bond donors (Lipinski definition) is 1. The van der Waals surface area contributed by atoms with E-state index in [1.54, 1.807) is 24.3 Å². The first-order chi connectivity index (χ1) is 9.65. The SMILES string of the molecule is O=C(Nc1nc2c(Br)cccc2s1)c1ccccc1Cl. The van der Waals surface area contributed by atoms with Gasteiger partial charge in [0.15, 0.2) is 5.13 Å². The second-order valence-corrected chi connectivity index (χ2v) is 6.33. The van der Waals surface area contributed by atoms with E-state index in [-0.39, 0.29) is 5.91 Å². The van der Waals surface area contributed by atoms with Crippen molar-refractivity contribution < 1.29 is 4.79 Å². The first-order valence-corrected chi connectivity index (χ1v) is 7.75. The second kappa shape index (κ2) is 5.52. The number of nitrogens with zero attached hydrogens (tertiary/aromatic N) is 1. The van der Waals surface area contributed by atoms with Gasteiger partial charge in [0.1, 0.15) is 0 Å². The van der Waals surface area contributed by atoms with Crippen LogP contribution in [0.5, 0.6) is 0 Å². The minimum absolute atomic E-state index is 0.259. The number of benzene rings is 2. The van der Waals surface area contributed by atoms with Crippen molar-refractivity contribution in [3.05, 3.63) is 57.5 Å². The number of carbonyl (C=O) groups is 1. The van der Waals surface area contributed by atoms with Crippen LogP contribution in [0, 0.1) is 0 Å². The van der Waals surface area contributed by atoms with Crippen molar-refractivity contribution in [3.63, 3.8) is 0 Å². The molecular weight excluding hydrogens is 360 g/mol. The molecule has 1 amide bonds. The number of rotatable bonds is 2. The first-order valence-electron chi connectivity index (χ1n) is 5.76. The summed E-state index contributed by atoms with van der Waals surface area (Å²) in [5.41, 5.74) is 1.28. The van der Waals surface area contributed by atoms with Gasteiger partial charge < -0.3 is 0 Å². The minimum Gasteiger partial charge on any atom is -0.298 e. The quantitative estimate of drug-likeness (QED) is 0.695. The zero-order chi connectivity index (χ0) is 14.1. The monoisotopic (exact) mass is 366 g/mol. The largest absolute Gasteiger partial charge is 0.298 e. The van der Waals surface area contributed by atoms with Crippen LogP contribution in [-0.4, -0.2) is 10.9 Å². The lowest BCUT2D eigenvalue weighted by Gasteiger charge is -2.02. The van der Waals surface area contributed by atoms with Crippen LogP contribution in [0.3, 0.4) is 0 Å². The van der Waals surface area contributed by atoms with E-state index in [0.29, 0.717) is 15.7 Å². The summed E-state index contributed by atoms with van der Waals surface area (Å²) in [5.74, 6) is -0.259. The minimum atomic E-state index is -0.259. The van der Waals surface area contributed by atoms with Crippen LogP contribution < -0.4 is 5.32 Å². The number of anilines is 1. The van der Waals surface area contributed by atoms with Crippen molar-refractivity contribution in [1.82, 2.24) is 4.98 Å². The number of fused-ring (bicyclic) bond motifs is 1. The lowest BCUT2D eigenvalue weighted by atomic mass is 10.2. The van der Waals surface area contributed by atoms with Crippen LogP contribution in [0.2, 0.25) is 5.02 Å². The van der Waals surface area contributed by atoms with E-state index in [1.807, 2.05) is 18.2 Å². The summed E-state index contributed by atoms with van der Waals surface area (Å²) in [6, 6.07) is 12.7. The predicted octanol–water partition coefficient (Wildman–Crippen LogP) is 4.96. The third kappa shape index (κ3) is 2.57. The fourth-order valence-electron chi connectivity index (χ4n) is 1.78. The first kappa shape index (κ1) is 13.5. The van der Waals surface area contributed by atoms with Gasteiger partial charge in [0.25, 0.3) is 5.91 Å². The molecule has 0 bridgehead atoms. The van der Waals surface area contributed by atoms with E-state index in [4.69, 9.17) is 11.6 Å². The van der Waals surface area contributed by atoms with E-state index in [1.165, 1.54) is 11.3 Å². The summed E-state index contributed by atoms with van der Waals surface area (Å²) in [6.07, 6.45) is 0. The van der Waals surface area contributed by atoms with Gasteiger partial charge in [-0.2, -0.15) is 0 Å². The maximum absolute atomic E-state index is 12.2. The molecule has 0 spiro atoms. The van der Waals surface area contributed by atoms with Crippen LogP contribution in [0.4, 0.5) is 5.13 Å². The standard InChI is InChI=1S/C14H8BrClN2OS/c15-9-5-3-7-11-12(9)17-14(20-11)18-13(19)8-4-1-2-6-10(8)16/h1-7H,(H,17,18,19). The number of nitrogens with one attached hydrogen (secondary N) is 1. The van der Waals surface area contributed by atoms with Crippen LogP contribution >= 0.6 is 38.9 Å². The molecule has 0 aliphatic rings. The fraction of sp³-hybridized carbons (Fsp3) is 0. The maximum Gasteiger partial charge on any atom is 0.258 e. The Hall–Kier alpha value is -1.43. The Kier molecular flexibility index (Phi) is 3.74. The van der Waals surface area contributed by atoms with E-state index >= 15 is 0 Å². The zero-order valence-electron chi connectivity index (χ0n) is 10.1. The Bertz CT molecular complexity index is 803. The van der Waals surface area contributed by atoms with E-state index < -0.39 is 0 Å². The number of hydrogen-bond acceptors (Lipinski definition) is 3. The van der Waals surface area contributed by atoms with Gasteiger partial charge in [-0.15, -0.1) is 0 Å². The number of aromatic nitrogens is 1. The molecule has 1 N–H and O–H groups in total. The smallest absolute Gasteiger partial charge is 0.258 e. The summed E-state index contributed by atoms with van der Waals surface area (Å²) in [4.78, 5) is 16.6. The highest BCUT2D eigenvalue weighted by atomic mass is 79.9. The van der Waals surface area contributed by atoms with Crippen LogP contribution in [0.1, 0.15) is 10.4 Å². The van der Waals surface area contributed by atoms with Gasteiger partial charge in [0, 0.05) is 4.47 Å². The van der Waals surface area contributed by atoms with Crippen LogP contribution in [-0.2, 0) is 0 Å². The molecule has 20 heavy (non-hydrogen) atoms. The Morgan fingerprint density at radius 1 is 1.20 bits per heavy atom. The molecule has 3 aromatic rings. The molecule has 0 aliphatic carbocycles. The summed E-state index contributed by atoms with van der Waals surface area (Å²) in [7, 11) is 0. The average molecular weight is 368 g/mol. The average Bonchev–Trinajstić information content (AvgIpc) is 2.83. The Balaban J connectivity index is 1.92. The molecule has 0 radical (unpaired) electrons. The number of thiazole rings is 1. The van der Waals surface area contributed by atoms with Crippen LogP contribution in [0.15, 0.2) is 46.9 Å². The lowest BCUT2D eigenvalue weighted by Crippen LogP contribution is -2.12. The summed E-state index contributed by atoms with van der Waals surface area (Å²) in [6.45, 7) is 0. The van der Waals surface area contributed by atoms with Gasteiger partial charge in [-0.25, -0.2) is 4.98 Å². The number of amides is 1. The molecule has 1 heterocycles. The predicted molar refractivity (Wildman–Crippen MR) is 86.7 cm³/mol. The van der Waals surface area contributed by atoms with Gasteiger partial charge in [0.2, 0.25) is 0 Å². The Morgan fingerprint density at radius 2 is 2.00 bits per heavy atom. The van der Waals surface area contributed by atoms with Gasteiger partial charge in [0.05, 0.1) is 20.8 Å².